The zero-order chi connectivity index (χ0) is 15.2. The number of nitro groups is 1. The molecule has 20 heavy (non-hydrogen) atoms. The lowest BCUT2D eigenvalue weighted by Crippen LogP contribution is -2.45. The van der Waals surface area contributed by atoms with Gasteiger partial charge in [0.15, 0.2) is 0 Å². The van der Waals surface area contributed by atoms with Gasteiger partial charge < -0.3 is 5.32 Å². The molecule has 0 bridgehead atoms. The van der Waals surface area contributed by atoms with Crippen molar-refractivity contribution in [2.45, 2.75) is 45.6 Å². The van der Waals surface area contributed by atoms with Gasteiger partial charge in [0, 0.05) is 11.6 Å². The average molecular weight is 280 g/mol. The van der Waals surface area contributed by atoms with Gasteiger partial charge >= 0.3 is 6.03 Å². The maximum absolute atomic E-state index is 11.8. The molecule has 0 atom stereocenters. The molecule has 0 unspecified atom stereocenters. The summed E-state index contributed by atoms with van der Waals surface area (Å²) < 4.78 is 0. The van der Waals surface area contributed by atoms with Crippen molar-refractivity contribution in [3.8, 4) is 0 Å². The second-order valence-corrected chi connectivity index (χ2v) is 5.23. The molecule has 2 N–H and O–H groups in total. The van der Waals surface area contributed by atoms with Crippen molar-refractivity contribution in [3.05, 3.63) is 28.4 Å². The number of rotatable bonds is 6. The van der Waals surface area contributed by atoms with Gasteiger partial charge in [-0.2, -0.15) is 0 Å². The van der Waals surface area contributed by atoms with Gasteiger partial charge in [-0.05, 0) is 26.3 Å². The minimum Gasteiger partial charge on any atom is -0.333 e. The van der Waals surface area contributed by atoms with Gasteiger partial charge in [-0.1, -0.05) is 19.8 Å². The summed E-state index contributed by atoms with van der Waals surface area (Å²) in [6.45, 7) is 5.99. The lowest BCUT2D eigenvalue weighted by atomic mass is 9.98. The number of nitrogens with one attached hydrogen (secondary N) is 2. The fourth-order valence-electron chi connectivity index (χ4n) is 1.70. The lowest BCUT2D eigenvalue weighted by molar-refractivity contribution is -0.385. The average Bonchev–Trinajstić information content (AvgIpc) is 2.36. The van der Waals surface area contributed by atoms with Gasteiger partial charge in [-0.15, -0.1) is 0 Å². The largest absolute Gasteiger partial charge is 0.333 e. The first kappa shape index (κ1) is 15.9. The predicted molar refractivity (Wildman–Crippen MR) is 76.6 cm³/mol. The summed E-state index contributed by atoms with van der Waals surface area (Å²) in [4.78, 5) is 25.6. The van der Waals surface area contributed by atoms with E-state index in [4.69, 9.17) is 0 Å². The van der Waals surface area contributed by atoms with Gasteiger partial charge in [-0.25, -0.2) is 9.78 Å². The fourth-order valence-corrected chi connectivity index (χ4v) is 1.70. The van der Waals surface area contributed by atoms with E-state index in [9.17, 15) is 14.9 Å². The van der Waals surface area contributed by atoms with Crippen LogP contribution in [0.2, 0.25) is 0 Å². The first-order valence-corrected chi connectivity index (χ1v) is 6.53. The summed E-state index contributed by atoms with van der Waals surface area (Å²) in [6.07, 6.45) is 4.09. The smallest absolute Gasteiger partial charge is 0.320 e. The van der Waals surface area contributed by atoms with E-state index in [-0.39, 0.29) is 23.1 Å². The number of unbranched alkanes of at least 4 members (excludes halogenated alkanes) is 1. The number of aromatic nitrogens is 1. The normalized spacial score (nSPS) is 10.9. The fraction of sp³-hybridized carbons (Fsp3) is 0.538. The number of amides is 2. The monoisotopic (exact) mass is 280 g/mol. The molecule has 1 rings (SSSR count). The minimum atomic E-state index is -0.537. The van der Waals surface area contributed by atoms with Crippen LogP contribution in [0.3, 0.4) is 0 Å². The molecule has 0 spiro atoms. The Morgan fingerprint density at radius 2 is 2.15 bits per heavy atom. The lowest BCUT2D eigenvalue weighted by Gasteiger charge is -2.26. The first-order valence-electron chi connectivity index (χ1n) is 6.53. The van der Waals surface area contributed by atoms with Crippen LogP contribution >= 0.6 is 0 Å². The maximum Gasteiger partial charge on any atom is 0.320 e. The number of nitrogens with zero attached hydrogens (tertiary/aromatic N) is 2. The Kier molecular flexibility index (Phi) is 5.42. The molecule has 1 heterocycles. The van der Waals surface area contributed by atoms with Crippen molar-refractivity contribution in [2.24, 2.45) is 0 Å². The summed E-state index contributed by atoms with van der Waals surface area (Å²) in [6, 6.07) is 2.33. The van der Waals surface area contributed by atoms with Gasteiger partial charge in [0.25, 0.3) is 5.69 Å². The van der Waals surface area contributed by atoms with Crippen LogP contribution in [0.25, 0.3) is 0 Å². The molecule has 1 aromatic heterocycles. The Labute approximate surface area is 117 Å². The highest BCUT2D eigenvalue weighted by Gasteiger charge is 2.19. The van der Waals surface area contributed by atoms with E-state index in [1.165, 1.54) is 12.1 Å². The van der Waals surface area contributed by atoms with Crippen LogP contribution in [-0.2, 0) is 0 Å². The van der Waals surface area contributed by atoms with Gasteiger partial charge in [0.05, 0.1) is 4.92 Å². The third-order valence-electron chi connectivity index (χ3n) is 2.81. The number of anilines is 1. The molecule has 7 heteroatoms. The molecule has 2 amide bonds. The number of urea groups is 1. The zero-order valence-electron chi connectivity index (χ0n) is 12.0. The molecular weight excluding hydrogens is 260 g/mol. The SMILES string of the molecule is CCCCC(C)(C)NC(=O)Nc1ccc([N+](=O)[O-])cn1. The number of pyridine rings is 1. The van der Waals surface area contributed by atoms with Crippen LogP contribution in [0.15, 0.2) is 18.3 Å². The summed E-state index contributed by atoms with van der Waals surface area (Å²) in [5, 5.41) is 15.9. The van der Waals surface area contributed by atoms with E-state index < -0.39 is 4.92 Å². The first-order chi connectivity index (χ1) is 9.34. The Morgan fingerprint density at radius 3 is 2.65 bits per heavy atom. The van der Waals surface area contributed by atoms with Crippen molar-refractivity contribution < 1.29 is 9.72 Å². The molecule has 0 aliphatic rings. The van der Waals surface area contributed by atoms with Crippen LogP contribution < -0.4 is 10.6 Å². The molecule has 0 saturated heterocycles. The van der Waals surface area contributed by atoms with E-state index in [0.29, 0.717) is 0 Å². The molecular formula is C13H20N4O3. The quantitative estimate of drug-likeness (QED) is 0.618. The highest BCUT2D eigenvalue weighted by Crippen LogP contribution is 2.14. The number of carbonyl (C=O) groups excluding carboxylic acids is 1. The summed E-state index contributed by atoms with van der Waals surface area (Å²) in [5.41, 5.74) is -0.417. The van der Waals surface area contributed by atoms with E-state index in [0.717, 1.165) is 25.5 Å². The standard InChI is InChI=1S/C13H20N4O3/c1-4-5-8-13(2,3)16-12(18)15-11-7-6-10(9-14-11)17(19)20/h6-7,9H,4-5,8H2,1-3H3,(H2,14,15,16,18). The summed E-state index contributed by atoms with van der Waals surface area (Å²) in [7, 11) is 0. The highest BCUT2D eigenvalue weighted by atomic mass is 16.6. The molecule has 0 radical (unpaired) electrons. The van der Waals surface area contributed by atoms with Crippen molar-refractivity contribution in [1.82, 2.24) is 10.3 Å². The Bertz CT molecular complexity index is 471. The molecule has 1 aromatic rings. The third kappa shape index (κ3) is 5.21. The van der Waals surface area contributed by atoms with Gasteiger partial charge in [-0.3, -0.25) is 15.4 Å². The number of hydrogen-bond donors (Lipinski definition) is 2. The van der Waals surface area contributed by atoms with Crippen molar-refractivity contribution in [3.63, 3.8) is 0 Å². The van der Waals surface area contributed by atoms with Crippen LogP contribution in [0.5, 0.6) is 0 Å². The topological polar surface area (TPSA) is 97.2 Å². The Balaban J connectivity index is 2.55. The van der Waals surface area contributed by atoms with E-state index in [1.54, 1.807) is 0 Å². The molecule has 0 fully saturated rings. The minimum absolute atomic E-state index is 0.112. The van der Waals surface area contributed by atoms with Crippen molar-refractivity contribution in [1.29, 1.82) is 0 Å². The van der Waals surface area contributed by atoms with Crippen LogP contribution in [0, 0.1) is 10.1 Å². The Hall–Kier alpha value is -2.18. The van der Waals surface area contributed by atoms with Crippen LogP contribution in [-0.4, -0.2) is 21.5 Å². The van der Waals surface area contributed by atoms with Crippen molar-refractivity contribution >= 4 is 17.5 Å². The molecule has 0 saturated carbocycles. The summed E-state index contributed by atoms with van der Waals surface area (Å²) >= 11 is 0. The second kappa shape index (κ2) is 6.83. The predicted octanol–water partition coefficient (Wildman–Crippen LogP) is 3.08. The molecule has 0 aliphatic carbocycles. The highest BCUT2D eigenvalue weighted by molar-refractivity contribution is 5.88. The number of carbonyl (C=O) groups is 1. The molecule has 110 valence electrons. The second-order valence-electron chi connectivity index (χ2n) is 5.23. The third-order valence-corrected chi connectivity index (χ3v) is 2.81. The van der Waals surface area contributed by atoms with Gasteiger partial charge in [0.2, 0.25) is 0 Å². The molecule has 0 aromatic carbocycles. The maximum atomic E-state index is 11.8. The molecule has 0 aliphatic heterocycles. The van der Waals surface area contributed by atoms with E-state index in [2.05, 4.69) is 22.5 Å². The summed E-state index contributed by atoms with van der Waals surface area (Å²) in [5.74, 6) is 0.277. The van der Waals surface area contributed by atoms with Crippen LogP contribution in [0.4, 0.5) is 16.3 Å². The van der Waals surface area contributed by atoms with E-state index in [1.807, 2.05) is 13.8 Å². The Morgan fingerprint density at radius 1 is 1.45 bits per heavy atom. The zero-order valence-corrected chi connectivity index (χ0v) is 12.0. The van der Waals surface area contributed by atoms with E-state index >= 15 is 0 Å². The van der Waals surface area contributed by atoms with Gasteiger partial charge in [0.1, 0.15) is 12.0 Å². The molecule has 7 nitrogen and oxygen atoms in total. The van der Waals surface area contributed by atoms with Crippen molar-refractivity contribution in [2.75, 3.05) is 5.32 Å². The van der Waals surface area contributed by atoms with Crippen LogP contribution in [0.1, 0.15) is 40.0 Å². The number of hydrogen-bond acceptors (Lipinski definition) is 4.